The van der Waals surface area contributed by atoms with E-state index in [1.165, 1.54) is 10.4 Å². The molecule has 0 fully saturated rings. The Morgan fingerprint density at radius 3 is 2.27 bits per heavy atom. The van der Waals surface area contributed by atoms with Gasteiger partial charge in [-0.1, -0.05) is 0 Å². The molecule has 0 aliphatic rings. The van der Waals surface area contributed by atoms with Crippen LogP contribution in [-0.2, 0) is 6.54 Å². The fourth-order valence-electron chi connectivity index (χ4n) is 1.27. The lowest BCUT2D eigenvalue weighted by Gasteiger charge is -2.24. The number of thiophene rings is 1. The van der Waals surface area contributed by atoms with Gasteiger partial charge in [-0.25, -0.2) is 0 Å². The molecule has 4 nitrogen and oxygen atoms in total. The molecule has 1 heterocycles. The summed E-state index contributed by atoms with van der Waals surface area (Å²) in [5, 5.41) is 31.2. The van der Waals surface area contributed by atoms with Crippen molar-refractivity contribution in [2.24, 2.45) is 0 Å². The quantitative estimate of drug-likeness (QED) is 0.499. The molecule has 1 aromatic rings. The van der Waals surface area contributed by atoms with E-state index in [4.69, 9.17) is 15.3 Å². The summed E-state index contributed by atoms with van der Waals surface area (Å²) in [5.74, 6) is 0. The van der Waals surface area contributed by atoms with Crippen LogP contribution in [0.3, 0.4) is 0 Å². The van der Waals surface area contributed by atoms with Crippen LogP contribution < -0.4 is 5.32 Å². The first-order chi connectivity index (χ1) is 7.17. The molecule has 86 valence electrons. The van der Waals surface area contributed by atoms with E-state index < -0.39 is 5.54 Å². The number of hydrogen-bond donors (Lipinski definition) is 4. The summed E-state index contributed by atoms with van der Waals surface area (Å²) in [6, 6.07) is 2.03. The minimum absolute atomic E-state index is 0.232. The molecule has 0 atom stereocenters. The van der Waals surface area contributed by atoms with Gasteiger partial charge in [0.25, 0.3) is 0 Å². The standard InChI is InChI=1S/C10H17NO3S/c1-8-2-3-15-9(8)4-11-10(5-12,6-13)7-14/h2-3,11-14H,4-7H2,1H3/p+1. The summed E-state index contributed by atoms with van der Waals surface area (Å²) in [7, 11) is 0. The summed E-state index contributed by atoms with van der Waals surface area (Å²) in [6.07, 6.45) is 0. The SMILES string of the molecule is Cc1ccsc1C[NH2+]C(CO)(CO)CO. The average molecular weight is 232 g/mol. The highest BCUT2D eigenvalue weighted by atomic mass is 32.1. The third-order valence-electron chi connectivity index (χ3n) is 2.63. The van der Waals surface area contributed by atoms with E-state index in [1.807, 2.05) is 18.4 Å². The number of aryl methyl sites for hydroxylation is 1. The van der Waals surface area contributed by atoms with Crippen molar-refractivity contribution >= 4 is 11.3 Å². The molecule has 5 N–H and O–H groups in total. The van der Waals surface area contributed by atoms with Gasteiger partial charge in [-0.3, -0.25) is 0 Å². The van der Waals surface area contributed by atoms with Gasteiger partial charge in [-0.15, -0.1) is 11.3 Å². The number of rotatable bonds is 6. The predicted octanol–water partition coefficient (Wildman–Crippen LogP) is -1.16. The molecular weight excluding hydrogens is 214 g/mol. The van der Waals surface area contributed by atoms with Crippen molar-refractivity contribution in [1.29, 1.82) is 0 Å². The van der Waals surface area contributed by atoms with Gasteiger partial charge in [0.15, 0.2) is 5.54 Å². The lowest BCUT2D eigenvalue weighted by Crippen LogP contribution is -2.99. The van der Waals surface area contributed by atoms with Gasteiger partial charge in [0, 0.05) is 0 Å². The number of aliphatic hydroxyl groups excluding tert-OH is 3. The fraction of sp³-hybridized carbons (Fsp3) is 0.600. The first-order valence-electron chi connectivity index (χ1n) is 4.87. The first-order valence-corrected chi connectivity index (χ1v) is 5.75. The minimum Gasteiger partial charge on any atom is -0.390 e. The molecule has 1 aromatic heterocycles. The van der Waals surface area contributed by atoms with Gasteiger partial charge in [0.2, 0.25) is 0 Å². The summed E-state index contributed by atoms with van der Waals surface area (Å²) < 4.78 is 0. The number of hydrogen-bond acceptors (Lipinski definition) is 4. The molecule has 0 bridgehead atoms. The Kier molecular flexibility index (Phi) is 4.69. The number of aliphatic hydroxyl groups is 3. The number of nitrogens with two attached hydrogens (primary N) is 1. The van der Waals surface area contributed by atoms with E-state index in [-0.39, 0.29) is 19.8 Å². The molecule has 0 aliphatic carbocycles. The van der Waals surface area contributed by atoms with Crippen LogP contribution in [0.2, 0.25) is 0 Å². The monoisotopic (exact) mass is 232 g/mol. The number of quaternary nitrogens is 1. The van der Waals surface area contributed by atoms with E-state index in [0.717, 1.165) is 0 Å². The Labute approximate surface area is 93.2 Å². The molecule has 0 aliphatic heterocycles. The van der Waals surface area contributed by atoms with Crippen molar-refractivity contribution in [3.8, 4) is 0 Å². The van der Waals surface area contributed by atoms with E-state index >= 15 is 0 Å². The normalized spacial score (nSPS) is 12.0. The van der Waals surface area contributed by atoms with Crippen molar-refractivity contribution in [3.63, 3.8) is 0 Å². The summed E-state index contributed by atoms with van der Waals surface area (Å²) in [6.45, 7) is 2.00. The van der Waals surface area contributed by atoms with E-state index in [0.29, 0.717) is 6.54 Å². The summed E-state index contributed by atoms with van der Waals surface area (Å²) in [4.78, 5) is 1.20. The summed E-state index contributed by atoms with van der Waals surface area (Å²) >= 11 is 1.65. The zero-order chi connectivity index (χ0) is 11.3. The second-order valence-corrected chi connectivity index (χ2v) is 4.77. The second kappa shape index (κ2) is 5.58. The van der Waals surface area contributed by atoms with Gasteiger partial charge in [0.1, 0.15) is 26.4 Å². The predicted molar refractivity (Wildman–Crippen MR) is 58.7 cm³/mol. The third kappa shape index (κ3) is 2.99. The maximum atomic E-state index is 9.13. The molecule has 5 heteroatoms. The molecule has 0 spiro atoms. The highest BCUT2D eigenvalue weighted by Gasteiger charge is 2.31. The Hall–Kier alpha value is -0.460. The van der Waals surface area contributed by atoms with Crippen molar-refractivity contribution in [3.05, 3.63) is 21.9 Å². The van der Waals surface area contributed by atoms with Gasteiger partial charge < -0.3 is 20.6 Å². The second-order valence-electron chi connectivity index (χ2n) is 3.77. The van der Waals surface area contributed by atoms with Crippen LogP contribution in [0, 0.1) is 6.92 Å². The molecule has 0 aromatic carbocycles. The lowest BCUT2D eigenvalue weighted by atomic mass is 10.0. The smallest absolute Gasteiger partial charge is 0.166 e. The van der Waals surface area contributed by atoms with Gasteiger partial charge in [-0.2, -0.15) is 0 Å². The van der Waals surface area contributed by atoms with Gasteiger partial charge >= 0.3 is 0 Å². The van der Waals surface area contributed by atoms with Gasteiger partial charge in [0.05, 0.1) is 4.88 Å². The Morgan fingerprint density at radius 1 is 1.27 bits per heavy atom. The largest absolute Gasteiger partial charge is 0.390 e. The van der Waals surface area contributed by atoms with Crippen LogP contribution >= 0.6 is 11.3 Å². The van der Waals surface area contributed by atoms with Crippen LogP contribution in [0.4, 0.5) is 0 Å². The lowest BCUT2D eigenvalue weighted by molar-refractivity contribution is -0.746. The summed E-state index contributed by atoms with van der Waals surface area (Å²) in [5.41, 5.74) is 0.343. The first kappa shape index (κ1) is 12.6. The van der Waals surface area contributed by atoms with E-state index in [1.54, 1.807) is 16.7 Å². The van der Waals surface area contributed by atoms with Crippen molar-refractivity contribution in [2.75, 3.05) is 19.8 Å². The Bertz CT molecular complexity index is 288. The van der Waals surface area contributed by atoms with Crippen LogP contribution in [0.5, 0.6) is 0 Å². The maximum Gasteiger partial charge on any atom is 0.166 e. The van der Waals surface area contributed by atoms with Crippen molar-refractivity contribution in [2.45, 2.75) is 19.0 Å². The molecule has 0 radical (unpaired) electrons. The zero-order valence-corrected chi connectivity index (χ0v) is 9.63. The third-order valence-corrected chi connectivity index (χ3v) is 3.68. The average Bonchev–Trinajstić information content (AvgIpc) is 2.67. The topological polar surface area (TPSA) is 77.3 Å². The van der Waals surface area contributed by atoms with Crippen molar-refractivity contribution < 1.29 is 20.6 Å². The molecule has 0 unspecified atom stereocenters. The molecule has 0 saturated heterocycles. The highest BCUT2D eigenvalue weighted by molar-refractivity contribution is 7.10. The van der Waals surface area contributed by atoms with E-state index in [2.05, 4.69) is 0 Å². The van der Waals surface area contributed by atoms with E-state index in [9.17, 15) is 0 Å². The van der Waals surface area contributed by atoms with Gasteiger partial charge in [-0.05, 0) is 23.9 Å². The van der Waals surface area contributed by atoms with Crippen LogP contribution in [-0.4, -0.2) is 40.7 Å². The molecule has 0 amide bonds. The fourth-order valence-corrected chi connectivity index (χ4v) is 2.14. The zero-order valence-electron chi connectivity index (χ0n) is 8.81. The Balaban J connectivity index is 2.58. The highest BCUT2D eigenvalue weighted by Crippen LogP contribution is 2.13. The molecule has 1 rings (SSSR count). The van der Waals surface area contributed by atoms with Crippen LogP contribution in [0.15, 0.2) is 11.4 Å². The molecular formula is C10H18NO3S+. The van der Waals surface area contributed by atoms with Crippen LogP contribution in [0.1, 0.15) is 10.4 Å². The Morgan fingerprint density at radius 2 is 1.87 bits per heavy atom. The molecule has 0 saturated carbocycles. The van der Waals surface area contributed by atoms with Crippen molar-refractivity contribution in [1.82, 2.24) is 0 Å². The molecule has 15 heavy (non-hydrogen) atoms. The minimum atomic E-state index is -0.865. The maximum absolute atomic E-state index is 9.13. The van der Waals surface area contributed by atoms with Crippen LogP contribution in [0.25, 0.3) is 0 Å².